The molecule has 0 spiro atoms. The second-order valence-electron chi connectivity index (χ2n) is 8.49. The smallest absolute Gasteiger partial charge is 0.255 e. The summed E-state index contributed by atoms with van der Waals surface area (Å²) in [7, 11) is 0. The van der Waals surface area contributed by atoms with E-state index in [2.05, 4.69) is 19.2 Å². The lowest BCUT2D eigenvalue weighted by Gasteiger charge is -2.35. The Morgan fingerprint density at radius 2 is 2.26 bits per heavy atom. The van der Waals surface area contributed by atoms with Gasteiger partial charge in [-0.25, -0.2) is 0 Å². The summed E-state index contributed by atoms with van der Waals surface area (Å²) in [6.45, 7) is 7.07. The van der Waals surface area contributed by atoms with Crippen molar-refractivity contribution in [3.63, 3.8) is 0 Å². The van der Waals surface area contributed by atoms with Crippen LogP contribution in [-0.2, 0) is 17.6 Å². The van der Waals surface area contributed by atoms with E-state index < -0.39 is 0 Å². The van der Waals surface area contributed by atoms with E-state index >= 15 is 0 Å². The fourth-order valence-corrected chi connectivity index (χ4v) is 5.22. The van der Waals surface area contributed by atoms with E-state index in [0.717, 1.165) is 53.2 Å². The van der Waals surface area contributed by atoms with E-state index in [1.165, 1.54) is 0 Å². The molecule has 0 saturated carbocycles. The van der Waals surface area contributed by atoms with Crippen LogP contribution in [0.1, 0.15) is 65.1 Å². The van der Waals surface area contributed by atoms with Crippen LogP contribution in [0.3, 0.4) is 0 Å². The van der Waals surface area contributed by atoms with E-state index in [-0.39, 0.29) is 29.8 Å². The Bertz CT molecular complexity index is 880. The number of hydrogen-bond acceptors (Lipinski definition) is 4. The lowest BCUT2D eigenvalue weighted by molar-refractivity contribution is -0.122. The number of carbonyl (C=O) groups excluding carboxylic acids is 2. The summed E-state index contributed by atoms with van der Waals surface area (Å²) in [6, 6.07) is 3.85. The first-order chi connectivity index (χ1) is 12.8. The number of furan rings is 1. The second kappa shape index (κ2) is 6.82. The fourth-order valence-electron chi connectivity index (χ4n) is 4.30. The molecule has 0 unspecified atom stereocenters. The lowest BCUT2D eigenvalue weighted by atomic mass is 9.74. The lowest BCUT2D eigenvalue weighted by Crippen LogP contribution is -2.43. The molecule has 0 aromatic carbocycles. The van der Waals surface area contributed by atoms with Crippen molar-refractivity contribution in [1.82, 2.24) is 10.2 Å². The maximum atomic E-state index is 12.8. The van der Waals surface area contributed by atoms with Crippen LogP contribution in [0, 0.1) is 12.3 Å². The maximum Gasteiger partial charge on any atom is 0.255 e. The van der Waals surface area contributed by atoms with E-state index in [1.54, 1.807) is 16.2 Å². The highest BCUT2D eigenvalue weighted by Gasteiger charge is 2.36. The molecule has 3 heterocycles. The zero-order valence-electron chi connectivity index (χ0n) is 16.1. The summed E-state index contributed by atoms with van der Waals surface area (Å²) in [6.07, 6.45) is 3.56. The van der Waals surface area contributed by atoms with Crippen LogP contribution in [-0.4, -0.2) is 29.8 Å². The molecule has 4 rings (SSSR count). The van der Waals surface area contributed by atoms with E-state index in [4.69, 9.17) is 4.42 Å². The van der Waals surface area contributed by atoms with Gasteiger partial charge >= 0.3 is 0 Å². The maximum absolute atomic E-state index is 12.8. The summed E-state index contributed by atoms with van der Waals surface area (Å²) >= 11 is 1.63. The molecule has 1 atom stereocenters. The third-order valence-corrected chi connectivity index (χ3v) is 6.48. The van der Waals surface area contributed by atoms with Crippen molar-refractivity contribution in [1.29, 1.82) is 0 Å². The molecular weight excluding hydrogens is 360 g/mol. The average molecular weight is 387 g/mol. The van der Waals surface area contributed by atoms with Gasteiger partial charge in [-0.15, -0.1) is 11.3 Å². The second-order valence-corrected chi connectivity index (χ2v) is 9.49. The predicted octanol–water partition coefficient (Wildman–Crippen LogP) is 3.87. The third-order valence-electron chi connectivity index (χ3n) is 5.50. The Morgan fingerprint density at radius 3 is 3.07 bits per heavy atom. The van der Waals surface area contributed by atoms with Gasteiger partial charge in [-0.05, 0) is 49.1 Å². The number of hydrogen-bond donors (Lipinski definition) is 1. The quantitative estimate of drug-likeness (QED) is 0.871. The Labute approximate surface area is 163 Å². The Balaban J connectivity index is 1.47. The number of amides is 2. The summed E-state index contributed by atoms with van der Waals surface area (Å²) in [4.78, 5) is 28.4. The average Bonchev–Trinajstić information content (AvgIpc) is 3.15. The molecule has 1 aliphatic carbocycles. The van der Waals surface area contributed by atoms with Gasteiger partial charge in [0.2, 0.25) is 5.91 Å². The van der Waals surface area contributed by atoms with Crippen molar-refractivity contribution in [2.75, 3.05) is 13.1 Å². The van der Waals surface area contributed by atoms with Crippen LogP contribution < -0.4 is 5.32 Å². The predicted molar refractivity (Wildman–Crippen MR) is 105 cm³/mol. The van der Waals surface area contributed by atoms with Crippen molar-refractivity contribution in [2.24, 2.45) is 5.41 Å². The van der Waals surface area contributed by atoms with Gasteiger partial charge in [0.1, 0.15) is 11.5 Å². The van der Waals surface area contributed by atoms with Gasteiger partial charge in [0.25, 0.3) is 5.91 Å². The molecule has 2 amide bonds. The summed E-state index contributed by atoms with van der Waals surface area (Å²) in [5, 5.41) is 5.12. The van der Waals surface area contributed by atoms with Gasteiger partial charge in [0.05, 0.1) is 18.2 Å². The monoisotopic (exact) mass is 386 g/mol. The SMILES string of the molecule is Cc1cc2c(o1)CC(C)(C)C[C@H]2NC(=O)CN1CCCc2sccc2C1=O. The number of rotatable bonds is 3. The molecule has 0 saturated heterocycles. The number of fused-ring (bicyclic) bond motifs is 2. The van der Waals surface area contributed by atoms with Crippen molar-refractivity contribution >= 4 is 23.2 Å². The van der Waals surface area contributed by atoms with Crippen LogP contribution in [0.25, 0.3) is 0 Å². The Morgan fingerprint density at radius 1 is 1.44 bits per heavy atom. The zero-order valence-corrected chi connectivity index (χ0v) is 16.9. The summed E-state index contributed by atoms with van der Waals surface area (Å²) in [5.41, 5.74) is 1.92. The highest BCUT2D eigenvalue weighted by atomic mass is 32.1. The van der Waals surface area contributed by atoms with Crippen LogP contribution in [0.5, 0.6) is 0 Å². The summed E-state index contributed by atoms with van der Waals surface area (Å²) < 4.78 is 5.85. The van der Waals surface area contributed by atoms with E-state index in [9.17, 15) is 9.59 Å². The molecule has 2 aromatic heterocycles. The van der Waals surface area contributed by atoms with Crippen molar-refractivity contribution in [3.05, 3.63) is 45.0 Å². The van der Waals surface area contributed by atoms with Gasteiger partial charge in [0, 0.05) is 23.4 Å². The Kier molecular flexibility index (Phi) is 4.62. The minimum atomic E-state index is -0.102. The van der Waals surface area contributed by atoms with Crippen molar-refractivity contribution < 1.29 is 14.0 Å². The highest BCUT2D eigenvalue weighted by Crippen LogP contribution is 2.42. The minimum Gasteiger partial charge on any atom is -0.466 e. The van der Waals surface area contributed by atoms with Gasteiger partial charge in [0.15, 0.2) is 0 Å². The molecule has 2 aromatic rings. The van der Waals surface area contributed by atoms with Gasteiger partial charge in [-0.1, -0.05) is 13.8 Å². The number of carbonyl (C=O) groups is 2. The fraction of sp³-hybridized carbons (Fsp3) is 0.524. The largest absolute Gasteiger partial charge is 0.466 e. The van der Waals surface area contributed by atoms with Gasteiger partial charge < -0.3 is 14.6 Å². The minimum absolute atomic E-state index is 0.0253. The molecule has 1 N–H and O–H groups in total. The first-order valence-corrected chi connectivity index (χ1v) is 10.4. The number of nitrogens with zero attached hydrogens (tertiary/aromatic N) is 1. The topological polar surface area (TPSA) is 62.6 Å². The molecular formula is C21H26N2O3S. The standard InChI is InChI=1S/C21H26N2O3S/c1-13-9-15-16(10-21(2,3)11-17(15)26-13)22-19(24)12-23-7-4-5-18-14(20(23)25)6-8-27-18/h6,8-9,16H,4-5,7,10-12H2,1-3H3,(H,22,24)/t16-/m1/s1. The molecule has 2 aliphatic rings. The van der Waals surface area contributed by atoms with E-state index in [0.29, 0.717) is 6.54 Å². The van der Waals surface area contributed by atoms with E-state index in [1.807, 2.05) is 24.4 Å². The molecule has 27 heavy (non-hydrogen) atoms. The molecule has 1 aliphatic heterocycles. The molecule has 5 nitrogen and oxygen atoms in total. The normalized spacial score (nSPS) is 21.4. The van der Waals surface area contributed by atoms with Crippen LogP contribution in [0.15, 0.2) is 21.9 Å². The van der Waals surface area contributed by atoms with Gasteiger partial charge in [-0.2, -0.15) is 0 Å². The van der Waals surface area contributed by atoms with Crippen molar-refractivity contribution in [2.45, 2.75) is 52.5 Å². The first-order valence-electron chi connectivity index (χ1n) is 9.57. The first kappa shape index (κ1) is 18.3. The van der Waals surface area contributed by atoms with Crippen LogP contribution >= 0.6 is 11.3 Å². The van der Waals surface area contributed by atoms with Crippen LogP contribution in [0.2, 0.25) is 0 Å². The summed E-state index contributed by atoms with van der Waals surface area (Å²) in [5.74, 6) is 1.73. The van der Waals surface area contributed by atoms with Crippen LogP contribution in [0.4, 0.5) is 0 Å². The highest BCUT2D eigenvalue weighted by molar-refractivity contribution is 7.10. The molecule has 6 heteroatoms. The number of thiophene rings is 1. The zero-order chi connectivity index (χ0) is 19.2. The molecule has 0 fully saturated rings. The van der Waals surface area contributed by atoms with Crippen molar-refractivity contribution in [3.8, 4) is 0 Å². The number of nitrogens with one attached hydrogen (secondary N) is 1. The number of aryl methyl sites for hydroxylation is 2. The third kappa shape index (κ3) is 3.68. The molecule has 0 radical (unpaired) electrons. The molecule has 144 valence electrons. The van der Waals surface area contributed by atoms with Gasteiger partial charge in [-0.3, -0.25) is 9.59 Å². The molecule has 0 bridgehead atoms. The Hall–Kier alpha value is -2.08.